The Labute approximate surface area is 124 Å². The van der Waals surface area contributed by atoms with Crippen LogP contribution in [-0.2, 0) is 16.8 Å². The van der Waals surface area contributed by atoms with Gasteiger partial charge in [-0.1, -0.05) is 30.3 Å². The molecule has 0 N–H and O–H groups in total. The fraction of sp³-hybridized carbons (Fsp3) is 0.375. The zero-order chi connectivity index (χ0) is 14.6. The first-order valence-corrected chi connectivity index (χ1v) is 7.53. The number of carbonyl (C=O) groups excluding carboxylic acids is 1. The highest BCUT2D eigenvalue weighted by atomic mass is 32.1. The van der Waals surface area contributed by atoms with Crippen LogP contribution in [0.3, 0.4) is 0 Å². The van der Waals surface area contributed by atoms with Gasteiger partial charge in [-0.3, -0.25) is 4.90 Å². The van der Waals surface area contributed by atoms with Gasteiger partial charge in [-0.15, -0.1) is 11.3 Å². The summed E-state index contributed by atoms with van der Waals surface area (Å²) in [6, 6.07) is 9.93. The van der Waals surface area contributed by atoms with E-state index < -0.39 is 5.41 Å². The summed E-state index contributed by atoms with van der Waals surface area (Å²) in [5.74, 6) is 0. The topological polar surface area (TPSA) is 33.2 Å². The number of nitrogens with zero attached hydrogens (tertiary/aromatic N) is 2. The number of benzene rings is 1. The highest BCUT2D eigenvalue weighted by molar-refractivity contribution is 7.09. The smallest absolute Gasteiger partial charge is 0.131 e. The molecule has 0 radical (unpaired) electrons. The SMILES string of the molecule is Cc1nc(CN(C)CC(C)(C=O)c2ccccc2)cs1. The molecule has 0 aliphatic carbocycles. The minimum atomic E-state index is -0.485. The summed E-state index contributed by atoms with van der Waals surface area (Å²) in [7, 11) is 2.03. The molecule has 2 aromatic rings. The first-order chi connectivity index (χ1) is 9.53. The molecule has 0 fully saturated rings. The first-order valence-electron chi connectivity index (χ1n) is 6.65. The standard InChI is InChI=1S/C16H20N2OS/c1-13-17-15(10-20-13)9-18(3)11-16(2,12-19)14-7-5-4-6-8-14/h4-8,10,12H,9,11H2,1-3H3. The van der Waals surface area contributed by atoms with Gasteiger partial charge < -0.3 is 4.79 Å². The van der Waals surface area contributed by atoms with E-state index in [9.17, 15) is 4.79 Å². The Morgan fingerprint density at radius 3 is 2.60 bits per heavy atom. The molecule has 1 atom stereocenters. The van der Waals surface area contributed by atoms with Crippen LogP contribution in [0.1, 0.15) is 23.2 Å². The molecule has 1 unspecified atom stereocenters. The van der Waals surface area contributed by atoms with Crippen LogP contribution in [0.4, 0.5) is 0 Å². The van der Waals surface area contributed by atoms with Crippen molar-refractivity contribution < 1.29 is 4.79 Å². The van der Waals surface area contributed by atoms with Gasteiger partial charge in [0, 0.05) is 18.5 Å². The van der Waals surface area contributed by atoms with Crippen LogP contribution in [-0.4, -0.2) is 29.8 Å². The van der Waals surface area contributed by atoms with Crippen LogP contribution in [0.2, 0.25) is 0 Å². The zero-order valence-electron chi connectivity index (χ0n) is 12.2. The summed E-state index contributed by atoms with van der Waals surface area (Å²) in [6.07, 6.45) is 1.05. The van der Waals surface area contributed by atoms with Crippen molar-refractivity contribution in [3.05, 3.63) is 52.0 Å². The van der Waals surface area contributed by atoms with Crippen molar-refractivity contribution >= 4 is 17.6 Å². The molecule has 0 spiro atoms. The van der Waals surface area contributed by atoms with E-state index in [1.54, 1.807) is 11.3 Å². The van der Waals surface area contributed by atoms with E-state index in [0.29, 0.717) is 6.54 Å². The van der Waals surface area contributed by atoms with E-state index in [-0.39, 0.29) is 0 Å². The van der Waals surface area contributed by atoms with Gasteiger partial charge in [0.1, 0.15) is 6.29 Å². The molecule has 0 aliphatic heterocycles. The number of hydrogen-bond acceptors (Lipinski definition) is 4. The van der Waals surface area contributed by atoms with Gasteiger partial charge in [0.15, 0.2) is 0 Å². The van der Waals surface area contributed by atoms with Crippen molar-refractivity contribution in [2.75, 3.05) is 13.6 Å². The van der Waals surface area contributed by atoms with E-state index in [1.165, 1.54) is 0 Å². The molecule has 0 amide bonds. The molecule has 20 heavy (non-hydrogen) atoms. The third kappa shape index (κ3) is 3.52. The van der Waals surface area contributed by atoms with E-state index in [1.807, 2.05) is 51.2 Å². The largest absolute Gasteiger partial charge is 0.302 e. The van der Waals surface area contributed by atoms with Crippen LogP contribution in [0, 0.1) is 6.92 Å². The number of thiazole rings is 1. The van der Waals surface area contributed by atoms with Crippen molar-refractivity contribution in [1.82, 2.24) is 9.88 Å². The lowest BCUT2D eigenvalue weighted by Crippen LogP contribution is -2.38. The van der Waals surface area contributed by atoms with Crippen LogP contribution in [0.15, 0.2) is 35.7 Å². The highest BCUT2D eigenvalue weighted by Crippen LogP contribution is 2.23. The van der Waals surface area contributed by atoms with Crippen LogP contribution in [0.25, 0.3) is 0 Å². The van der Waals surface area contributed by atoms with Gasteiger partial charge >= 0.3 is 0 Å². The minimum absolute atomic E-state index is 0.485. The number of aromatic nitrogens is 1. The average Bonchev–Trinajstić information content (AvgIpc) is 2.84. The zero-order valence-corrected chi connectivity index (χ0v) is 13.0. The summed E-state index contributed by atoms with van der Waals surface area (Å²) in [5, 5.41) is 3.15. The first kappa shape index (κ1) is 14.9. The number of likely N-dealkylation sites (N-methyl/N-ethyl adjacent to an activating group) is 1. The summed E-state index contributed by atoms with van der Waals surface area (Å²) in [4.78, 5) is 18.2. The molecule has 2 rings (SSSR count). The van der Waals surface area contributed by atoms with Crippen molar-refractivity contribution in [3.63, 3.8) is 0 Å². The second-order valence-corrected chi connectivity index (χ2v) is 6.49. The maximum atomic E-state index is 11.6. The number of aryl methyl sites for hydroxylation is 1. The summed E-state index contributed by atoms with van der Waals surface area (Å²) >= 11 is 1.66. The van der Waals surface area contributed by atoms with Crippen LogP contribution >= 0.6 is 11.3 Å². The van der Waals surface area contributed by atoms with Gasteiger partial charge in [0.05, 0.1) is 16.1 Å². The second kappa shape index (κ2) is 6.29. The molecule has 1 heterocycles. The van der Waals surface area contributed by atoms with Crippen molar-refractivity contribution in [2.45, 2.75) is 25.8 Å². The Morgan fingerprint density at radius 1 is 1.35 bits per heavy atom. The van der Waals surface area contributed by atoms with Crippen LogP contribution < -0.4 is 0 Å². The Bertz CT molecular complexity index is 567. The Kier molecular flexibility index (Phi) is 4.68. The summed E-state index contributed by atoms with van der Waals surface area (Å²) < 4.78 is 0. The number of aldehydes is 1. The van der Waals surface area contributed by atoms with Gasteiger partial charge in [-0.2, -0.15) is 0 Å². The van der Waals surface area contributed by atoms with E-state index in [4.69, 9.17) is 0 Å². The third-order valence-electron chi connectivity index (χ3n) is 3.39. The fourth-order valence-electron chi connectivity index (χ4n) is 2.39. The van der Waals surface area contributed by atoms with Gasteiger partial charge in [-0.25, -0.2) is 4.98 Å². The summed E-state index contributed by atoms with van der Waals surface area (Å²) in [6.45, 7) is 5.43. The molecule has 1 aromatic carbocycles. The van der Waals surface area contributed by atoms with Crippen LogP contribution in [0.5, 0.6) is 0 Å². The van der Waals surface area contributed by atoms with Crippen molar-refractivity contribution in [2.24, 2.45) is 0 Å². The molecule has 0 saturated heterocycles. The molecular formula is C16H20N2OS. The summed E-state index contributed by atoms with van der Waals surface area (Å²) in [5.41, 5.74) is 1.63. The Balaban J connectivity index is 2.08. The second-order valence-electron chi connectivity index (χ2n) is 5.43. The quantitative estimate of drug-likeness (QED) is 0.766. The number of hydrogen-bond donors (Lipinski definition) is 0. The normalized spacial score (nSPS) is 14.2. The van der Waals surface area contributed by atoms with Gasteiger partial charge in [-0.05, 0) is 26.5 Å². The third-order valence-corrected chi connectivity index (χ3v) is 4.21. The maximum Gasteiger partial charge on any atom is 0.131 e. The lowest BCUT2D eigenvalue weighted by Gasteiger charge is -2.29. The molecule has 106 valence electrons. The molecule has 1 aromatic heterocycles. The van der Waals surface area contributed by atoms with E-state index in [0.717, 1.165) is 29.1 Å². The van der Waals surface area contributed by atoms with Gasteiger partial charge in [0.2, 0.25) is 0 Å². The molecule has 0 saturated carbocycles. The molecule has 3 nitrogen and oxygen atoms in total. The van der Waals surface area contributed by atoms with Crippen molar-refractivity contribution in [3.8, 4) is 0 Å². The molecular weight excluding hydrogens is 268 g/mol. The fourth-order valence-corrected chi connectivity index (χ4v) is 2.99. The van der Waals surface area contributed by atoms with Crippen molar-refractivity contribution in [1.29, 1.82) is 0 Å². The maximum absolute atomic E-state index is 11.6. The predicted molar refractivity (Wildman–Crippen MR) is 83.0 cm³/mol. The molecule has 0 bridgehead atoms. The van der Waals surface area contributed by atoms with Gasteiger partial charge in [0.25, 0.3) is 0 Å². The molecule has 4 heteroatoms. The predicted octanol–water partition coefficient (Wildman–Crippen LogP) is 3.04. The number of rotatable bonds is 6. The molecule has 0 aliphatic rings. The van der Waals surface area contributed by atoms with E-state index >= 15 is 0 Å². The Morgan fingerprint density at radius 2 is 2.05 bits per heavy atom. The monoisotopic (exact) mass is 288 g/mol. The number of carbonyl (C=O) groups is 1. The minimum Gasteiger partial charge on any atom is -0.302 e. The van der Waals surface area contributed by atoms with E-state index in [2.05, 4.69) is 15.3 Å². The lowest BCUT2D eigenvalue weighted by molar-refractivity contribution is -0.112. The Hall–Kier alpha value is -1.52. The average molecular weight is 288 g/mol. The highest BCUT2D eigenvalue weighted by Gasteiger charge is 2.27. The lowest BCUT2D eigenvalue weighted by atomic mass is 9.83.